The van der Waals surface area contributed by atoms with E-state index in [1.165, 1.54) is 0 Å². The molecule has 0 saturated carbocycles. The van der Waals surface area contributed by atoms with E-state index in [1.54, 1.807) is 20.2 Å². The summed E-state index contributed by atoms with van der Waals surface area (Å²) in [7, 11) is 1.87. The van der Waals surface area contributed by atoms with Crippen LogP contribution in [0.3, 0.4) is 0 Å². The van der Waals surface area contributed by atoms with Gasteiger partial charge in [-0.05, 0) is 27.7 Å². The molecule has 23 heavy (non-hydrogen) atoms. The summed E-state index contributed by atoms with van der Waals surface area (Å²) in [6, 6.07) is -0.172. The number of anilines is 1. The molecule has 0 fully saturated rings. The molecule has 1 unspecified atom stereocenters. The number of aromatic nitrogens is 6. The second-order valence-electron chi connectivity index (χ2n) is 6.02. The van der Waals surface area contributed by atoms with Gasteiger partial charge >= 0.3 is 0 Å². The average Bonchev–Trinajstić information content (AvgIpc) is 3.17. The van der Waals surface area contributed by atoms with Crippen molar-refractivity contribution in [2.24, 2.45) is 7.05 Å². The minimum Gasteiger partial charge on any atom is -0.322 e. The predicted octanol–water partition coefficient (Wildman–Crippen LogP) is 2.06. The van der Waals surface area contributed by atoms with E-state index < -0.39 is 6.04 Å². The minimum absolute atomic E-state index is 0.133. The van der Waals surface area contributed by atoms with E-state index in [-0.39, 0.29) is 11.9 Å². The molecule has 3 heterocycles. The van der Waals surface area contributed by atoms with Crippen molar-refractivity contribution in [3.63, 3.8) is 0 Å². The van der Waals surface area contributed by atoms with Crippen LogP contribution in [0, 0.1) is 6.92 Å². The fourth-order valence-electron chi connectivity index (χ4n) is 2.45. The summed E-state index contributed by atoms with van der Waals surface area (Å²) in [5, 5.41) is 15.9. The number of nitrogens with one attached hydrogen (secondary N) is 1. The second-order valence-corrected chi connectivity index (χ2v) is 6.02. The highest BCUT2D eigenvalue weighted by molar-refractivity contribution is 5.93. The van der Waals surface area contributed by atoms with Crippen LogP contribution >= 0.6 is 0 Å². The number of nitrogens with zero attached hydrogens (tertiary/aromatic N) is 6. The van der Waals surface area contributed by atoms with Crippen molar-refractivity contribution in [1.29, 1.82) is 0 Å². The Balaban J connectivity index is 1.78. The van der Waals surface area contributed by atoms with E-state index >= 15 is 0 Å². The Labute approximate surface area is 134 Å². The Bertz CT molecular complexity index is 820. The Morgan fingerprint density at radius 2 is 1.91 bits per heavy atom. The predicted molar refractivity (Wildman–Crippen MR) is 87.2 cm³/mol. The Morgan fingerprint density at radius 3 is 2.52 bits per heavy atom. The van der Waals surface area contributed by atoms with Gasteiger partial charge in [0.25, 0.3) is 0 Å². The maximum atomic E-state index is 12.4. The quantitative estimate of drug-likeness (QED) is 0.799. The van der Waals surface area contributed by atoms with Gasteiger partial charge in [0.1, 0.15) is 17.1 Å². The van der Waals surface area contributed by atoms with Crippen LogP contribution in [0.2, 0.25) is 0 Å². The molecule has 122 valence electrons. The first-order valence-electron chi connectivity index (χ1n) is 7.60. The average molecular weight is 315 g/mol. The number of aryl methyl sites for hydroxylation is 2. The number of rotatable bonds is 4. The van der Waals surface area contributed by atoms with Gasteiger partial charge in [-0.2, -0.15) is 15.3 Å². The van der Waals surface area contributed by atoms with Crippen LogP contribution in [-0.4, -0.2) is 35.2 Å². The molecule has 0 aliphatic carbocycles. The van der Waals surface area contributed by atoms with Crippen molar-refractivity contribution in [2.75, 3.05) is 5.32 Å². The molecule has 1 amide bonds. The molecule has 3 aromatic heterocycles. The number of fused-ring (bicyclic) bond motifs is 1. The van der Waals surface area contributed by atoms with Gasteiger partial charge in [0.15, 0.2) is 0 Å². The lowest BCUT2D eigenvalue weighted by Crippen LogP contribution is -2.24. The first kappa shape index (κ1) is 15.3. The number of carbonyl (C=O) groups is 1. The molecule has 0 aliphatic rings. The molecule has 0 radical (unpaired) electrons. The lowest BCUT2D eigenvalue weighted by molar-refractivity contribution is -0.119. The fraction of sp³-hybridized carbons (Fsp3) is 0.467. The standard InChI is InChI=1S/C15H21N7O/c1-9(2)21-7-12(6-16-21)17-15(23)11(4)22-8-13-14(19-22)10(3)18-20(13)5/h6-9,11H,1-5H3,(H,17,23). The summed E-state index contributed by atoms with van der Waals surface area (Å²) < 4.78 is 5.24. The van der Waals surface area contributed by atoms with Crippen LogP contribution < -0.4 is 5.32 Å². The van der Waals surface area contributed by atoms with Gasteiger partial charge in [-0.15, -0.1) is 0 Å². The molecule has 0 spiro atoms. The van der Waals surface area contributed by atoms with Crippen molar-refractivity contribution in [3.05, 3.63) is 24.3 Å². The zero-order valence-corrected chi connectivity index (χ0v) is 14.0. The molecular weight excluding hydrogens is 294 g/mol. The molecule has 3 aromatic rings. The fourth-order valence-corrected chi connectivity index (χ4v) is 2.45. The Morgan fingerprint density at radius 1 is 1.17 bits per heavy atom. The van der Waals surface area contributed by atoms with Gasteiger partial charge in [-0.25, -0.2) is 0 Å². The SMILES string of the molecule is Cc1nn(C)c2cn(C(C)C(=O)Nc3cnn(C(C)C)c3)nc12. The summed E-state index contributed by atoms with van der Waals surface area (Å²) in [5.41, 5.74) is 3.27. The molecule has 8 heteroatoms. The van der Waals surface area contributed by atoms with Gasteiger partial charge in [0.2, 0.25) is 5.91 Å². The maximum absolute atomic E-state index is 12.4. The van der Waals surface area contributed by atoms with E-state index in [0.717, 1.165) is 16.7 Å². The zero-order chi connectivity index (χ0) is 16.7. The third-order valence-electron chi connectivity index (χ3n) is 3.88. The molecule has 0 aromatic carbocycles. The molecule has 1 N–H and O–H groups in total. The highest BCUT2D eigenvalue weighted by atomic mass is 16.2. The van der Waals surface area contributed by atoms with Crippen LogP contribution in [0.25, 0.3) is 11.0 Å². The first-order chi connectivity index (χ1) is 10.9. The van der Waals surface area contributed by atoms with Crippen LogP contribution in [0.1, 0.15) is 38.5 Å². The molecule has 0 aliphatic heterocycles. The summed E-state index contributed by atoms with van der Waals surface area (Å²) in [4.78, 5) is 12.4. The van der Waals surface area contributed by atoms with E-state index in [4.69, 9.17) is 0 Å². The maximum Gasteiger partial charge on any atom is 0.249 e. The van der Waals surface area contributed by atoms with Gasteiger partial charge in [-0.1, -0.05) is 0 Å². The summed E-state index contributed by atoms with van der Waals surface area (Å²) in [5.74, 6) is -0.133. The van der Waals surface area contributed by atoms with Gasteiger partial charge < -0.3 is 5.32 Å². The van der Waals surface area contributed by atoms with Crippen LogP contribution in [-0.2, 0) is 11.8 Å². The number of carbonyl (C=O) groups excluding carboxylic acids is 1. The van der Waals surface area contributed by atoms with Gasteiger partial charge in [0, 0.05) is 19.3 Å². The first-order valence-corrected chi connectivity index (χ1v) is 7.60. The van der Waals surface area contributed by atoms with Crippen molar-refractivity contribution in [2.45, 2.75) is 39.8 Å². The number of hydrogen-bond donors (Lipinski definition) is 1. The van der Waals surface area contributed by atoms with Gasteiger partial charge in [0.05, 0.1) is 23.8 Å². The Hall–Kier alpha value is -2.64. The van der Waals surface area contributed by atoms with Gasteiger partial charge in [-0.3, -0.25) is 18.8 Å². The lowest BCUT2D eigenvalue weighted by atomic mass is 10.3. The monoisotopic (exact) mass is 315 g/mol. The molecular formula is C15H21N7O. The zero-order valence-electron chi connectivity index (χ0n) is 14.0. The van der Waals surface area contributed by atoms with E-state index in [1.807, 2.05) is 47.1 Å². The van der Waals surface area contributed by atoms with Crippen LogP contribution in [0.5, 0.6) is 0 Å². The topological polar surface area (TPSA) is 82.6 Å². The van der Waals surface area contributed by atoms with E-state index in [9.17, 15) is 4.79 Å². The second kappa shape index (κ2) is 5.53. The van der Waals surface area contributed by atoms with Crippen molar-refractivity contribution < 1.29 is 4.79 Å². The van der Waals surface area contributed by atoms with Crippen LogP contribution in [0.4, 0.5) is 5.69 Å². The van der Waals surface area contributed by atoms with Crippen LogP contribution in [0.15, 0.2) is 18.6 Å². The molecule has 0 bridgehead atoms. The summed E-state index contributed by atoms with van der Waals surface area (Å²) in [6.07, 6.45) is 5.32. The number of amides is 1. The minimum atomic E-state index is -0.427. The molecule has 3 rings (SSSR count). The van der Waals surface area contributed by atoms with Crippen molar-refractivity contribution in [3.8, 4) is 0 Å². The summed E-state index contributed by atoms with van der Waals surface area (Å²) in [6.45, 7) is 7.79. The highest BCUT2D eigenvalue weighted by Crippen LogP contribution is 2.19. The van der Waals surface area contributed by atoms with Crippen molar-refractivity contribution in [1.82, 2.24) is 29.3 Å². The third-order valence-corrected chi connectivity index (χ3v) is 3.88. The molecule has 0 saturated heterocycles. The smallest absolute Gasteiger partial charge is 0.249 e. The summed E-state index contributed by atoms with van der Waals surface area (Å²) >= 11 is 0. The highest BCUT2D eigenvalue weighted by Gasteiger charge is 2.19. The molecule has 1 atom stereocenters. The van der Waals surface area contributed by atoms with E-state index in [2.05, 4.69) is 20.6 Å². The lowest BCUT2D eigenvalue weighted by Gasteiger charge is -2.11. The number of hydrogen-bond acceptors (Lipinski definition) is 4. The van der Waals surface area contributed by atoms with E-state index in [0.29, 0.717) is 5.69 Å². The molecule has 8 nitrogen and oxygen atoms in total. The third kappa shape index (κ3) is 2.71. The van der Waals surface area contributed by atoms with Crippen molar-refractivity contribution >= 4 is 22.6 Å². The normalized spacial score (nSPS) is 13.0. The Kier molecular flexibility index (Phi) is 3.67. The largest absolute Gasteiger partial charge is 0.322 e.